The summed E-state index contributed by atoms with van der Waals surface area (Å²) in [6.07, 6.45) is 2.64. The topological polar surface area (TPSA) is 143 Å². The van der Waals surface area contributed by atoms with Gasteiger partial charge >= 0.3 is 17.9 Å². The van der Waals surface area contributed by atoms with Crippen molar-refractivity contribution in [3.63, 3.8) is 0 Å². The van der Waals surface area contributed by atoms with Crippen LogP contribution in [0.4, 0.5) is 0 Å². The Hall–Kier alpha value is -3.21. The standard InChI is InChI=1S/C25H27NO9/c1-13(23(30)31)33-18(28)5-6-19(29)34-16-7-8-25(32)17-11-14-3-4-15(12-27)21-20(14)24(25,22(16)35-21)9-10-26(17)2/h3-7,13,17,22,27,32H,8-12H2,1-2H3,(H,30,31)/b6-5+/t13-,17+,22?,24?,25+/m0/s1. The first-order valence-electron chi connectivity index (χ1n) is 11.5. The minimum Gasteiger partial charge on any atom is -0.481 e. The lowest BCUT2D eigenvalue weighted by atomic mass is 9.50. The molecule has 186 valence electrons. The lowest BCUT2D eigenvalue weighted by Crippen LogP contribution is -2.74. The van der Waals surface area contributed by atoms with E-state index in [1.165, 1.54) is 6.92 Å². The number of ether oxygens (including phenoxy) is 3. The smallest absolute Gasteiger partial charge is 0.344 e. The zero-order chi connectivity index (χ0) is 25.1. The number of carbonyl (C=O) groups excluding carboxylic acids is 2. The van der Waals surface area contributed by atoms with E-state index in [4.69, 9.17) is 14.6 Å². The van der Waals surface area contributed by atoms with Crippen molar-refractivity contribution in [1.29, 1.82) is 0 Å². The Labute approximate surface area is 201 Å². The van der Waals surface area contributed by atoms with E-state index in [1.54, 1.807) is 6.08 Å². The molecule has 2 unspecified atom stereocenters. The average molecular weight is 485 g/mol. The van der Waals surface area contributed by atoms with Gasteiger partial charge in [0, 0.05) is 35.7 Å². The Morgan fingerprint density at radius 3 is 2.74 bits per heavy atom. The first-order chi connectivity index (χ1) is 16.6. The van der Waals surface area contributed by atoms with Gasteiger partial charge in [-0.3, -0.25) is 0 Å². The van der Waals surface area contributed by atoms with Gasteiger partial charge in [0.25, 0.3) is 0 Å². The Morgan fingerprint density at radius 1 is 1.29 bits per heavy atom. The average Bonchev–Trinajstić information content (AvgIpc) is 3.17. The molecule has 2 bridgehead atoms. The Kier molecular flexibility index (Phi) is 5.50. The Bertz CT molecular complexity index is 1170. The predicted molar refractivity (Wildman–Crippen MR) is 119 cm³/mol. The van der Waals surface area contributed by atoms with E-state index < -0.39 is 41.1 Å². The van der Waals surface area contributed by atoms with Gasteiger partial charge in [-0.15, -0.1) is 0 Å². The highest BCUT2D eigenvalue weighted by Gasteiger charge is 2.71. The molecule has 10 nitrogen and oxygen atoms in total. The number of aliphatic carboxylic acids is 1. The number of rotatable bonds is 6. The number of hydrogen-bond acceptors (Lipinski definition) is 9. The molecule has 1 spiro atoms. The van der Waals surface area contributed by atoms with Gasteiger partial charge in [-0.2, -0.15) is 0 Å². The van der Waals surface area contributed by atoms with Crippen molar-refractivity contribution in [2.24, 2.45) is 0 Å². The summed E-state index contributed by atoms with van der Waals surface area (Å²) in [5.41, 5.74) is 0.531. The molecule has 1 aromatic carbocycles. The van der Waals surface area contributed by atoms with Crippen LogP contribution in [0.5, 0.6) is 5.75 Å². The lowest BCUT2D eigenvalue weighted by molar-refractivity contribution is -0.168. The van der Waals surface area contributed by atoms with Crippen LogP contribution in [0.15, 0.2) is 36.1 Å². The maximum absolute atomic E-state index is 12.5. The molecule has 35 heavy (non-hydrogen) atoms. The number of piperidine rings is 1. The van der Waals surface area contributed by atoms with Gasteiger partial charge in [0.15, 0.2) is 12.2 Å². The van der Waals surface area contributed by atoms with Crippen LogP contribution in [-0.2, 0) is 42.3 Å². The molecule has 10 heteroatoms. The highest BCUT2D eigenvalue weighted by atomic mass is 16.6. The quantitative estimate of drug-likeness (QED) is 0.387. The van der Waals surface area contributed by atoms with Crippen LogP contribution in [-0.4, -0.2) is 75.6 Å². The first-order valence-corrected chi connectivity index (χ1v) is 11.5. The van der Waals surface area contributed by atoms with E-state index in [0.29, 0.717) is 30.7 Å². The van der Waals surface area contributed by atoms with Crippen LogP contribution in [0.1, 0.15) is 36.5 Å². The first kappa shape index (κ1) is 23.5. The van der Waals surface area contributed by atoms with Crippen LogP contribution < -0.4 is 4.74 Å². The fourth-order valence-corrected chi connectivity index (χ4v) is 6.18. The number of benzene rings is 1. The number of carbonyl (C=O) groups is 3. The normalized spacial score (nSPS) is 31.3. The number of likely N-dealkylation sites (tertiary alicyclic amines) is 1. The van der Waals surface area contributed by atoms with Crippen molar-refractivity contribution >= 4 is 17.9 Å². The number of aliphatic hydroxyl groups is 2. The van der Waals surface area contributed by atoms with Gasteiger partial charge < -0.3 is 34.4 Å². The van der Waals surface area contributed by atoms with Crippen molar-refractivity contribution in [3.05, 3.63) is 52.8 Å². The van der Waals surface area contributed by atoms with Crippen LogP contribution in [0.25, 0.3) is 0 Å². The third-order valence-electron chi connectivity index (χ3n) is 7.84. The molecule has 0 saturated carbocycles. The molecule has 0 amide bonds. The molecule has 5 atom stereocenters. The summed E-state index contributed by atoms with van der Waals surface area (Å²) in [4.78, 5) is 37.3. The largest absolute Gasteiger partial charge is 0.481 e. The summed E-state index contributed by atoms with van der Waals surface area (Å²) >= 11 is 0. The van der Waals surface area contributed by atoms with Gasteiger partial charge in [-0.05, 0) is 45.0 Å². The van der Waals surface area contributed by atoms with E-state index in [0.717, 1.165) is 23.3 Å². The second kappa shape index (κ2) is 8.18. The van der Waals surface area contributed by atoms with E-state index in [-0.39, 0.29) is 24.8 Å². The number of esters is 2. The van der Waals surface area contributed by atoms with Crippen molar-refractivity contribution < 1.29 is 43.9 Å². The van der Waals surface area contributed by atoms with E-state index in [9.17, 15) is 24.6 Å². The summed E-state index contributed by atoms with van der Waals surface area (Å²) in [5.74, 6) is -2.40. The van der Waals surface area contributed by atoms with Gasteiger partial charge in [-0.25, -0.2) is 14.4 Å². The number of likely N-dealkylation sites (N-methyl/N-ethyl adjacent to an activating group) is 1. The monoisotopic (exact) mass is 485 g/mol. The molecule has 2 heterocycles. The molecular formula is C25H27NO9. The molecule has 3 N–H and O–H groups in total. The number of hydrogen-bond donors (Lipinski definition) is 3. The summed E-state index contributed by atoms with van der Waals surface area (Å²) in [7, 11) is 1.99. The minimum atomic E-state index is -1.36. The number of carboxylic acids is 1. The molecule has 1 fully saturated rings. The van der Waals surface area contributed by atoms with Crippen molar-refractivity contribution in [2.75, 3.05) is 13.6 Å². The summed E-state index contributed by atoms with van der Waals surface area (Å²) in [5, 5.41) is 30.9. The van der Waals surface area contributed by atoms with Gasteiger partial charge in [-0.1, -0.05) is 12.1 Å². The van der Waals surface area contributed by atoms with E-state index in [1.807, 2.05) is 19.2 Å². The molecule has 4 aliphatic rings. The molecular weight excluding hydrogens is 458 g/mol. The predicted octanol–water partition coefficient (Wildman–Crippen LogP) is 0.572. The van der Waals surface area contributed by atoms with Crippen LogP contribution in [0.3, 0.4) is 0 Å². The van der Waals surface area contributed by atoms with E-state index in [2.05, 4.69) is 9.64 Å². The third-order valence-corrected chi connectivity index (χ3v) is 7.84. The fourth-order valence-electron chi connectivity index (χ4n) is 6.18. The lowest BCUT2D eigenvalue weighted by Gasteiger charge is -2.61. The third kappa shape index (κ3) is 3.31. The second-order valence-electron chi connectivity index (χ2n) is 9.57. The SMILES string of the molecule is C[C@H](OC(=O)/C=C/C(=O)OC1=CC[C@@]2(O)[C@H]3Cc4ccc(CO)c5c4C2(CCN3C)C1O5)C(=O)O. The molecule has 5 rings (SSSR count). The van der Waals surface area contributed by atoms with Gasteiger partial charge in [0.1, 0.15) is 11.5 Å². The van der Waals surface area contributed by atoms with Gasteiger partial charge in [0.2, 0.25) is 0 Å². The Morgan fingerprint density at radius 2 is 2.03 bits per heavy atom. The second-order valence-corrected chi connectivity index (χ2v) is 9.57. The van der Waals surface area contributed by atoms with Crippen LogP contribution in [0.2, 0.25) is 0 Å². The Balaban J connectivity index is 1.46. The van der Waals surface area contributed by atoms with E-state index >= 15 is 0 Å². The maximum atomic E-state index is 12.5. The summed E-state index contributed by atoms with van der Waals surface area (Å²) in [6.45, 7) is 1.68. The summed E-state index contributed by atoms with van der Waals surface area (Å²) in [6, 6.07) is 3.64. The fraction of sp³-hybridized carbons (Fsp3) is 0.480. The molecule has 0 radical (unpaired) electrons. The van der Waals surface area contributed by atoms with Crippen molar-refractivity contribution in [2.45, 2.75) is 62.1 Å². The number of nitrogens with zero attached hydrogens (tertiary/aromatic N) is 1. The van der Waals surface area contributed by atoms with Crippen molar-refractivity contribution in [1.82, 2.24) is 4.90 Å². The molecule has 1 saturated heterocycles. The highest BCUT2D eigenvalue weighted by molar-refractivity contribution is 5.93. The maximum Gasteiger partial charge on any atom is 0.344 e. The molecule has 1 aromatic rings. The van der Waals surface area contributed by atoms with Crippen LogP contribution >= 0.6 is 0 Å². The zero-order valence-electron chi connectivity index (χ0n) is 19.4. The number of carboxylic acid groups (broad SMARTS) is 1. The summed E-state index contributed by atoms with van der Waals surface area (Å²) < 4.78 is 16.6. The van der Waals surface area contributed by atoms with Crippen molar-refractivity contribution in [3.8, 4) is 5.75 Å². The molecule has 0 aromatic heterocycles. The minimum absolute atomic E-state index is 0.153. The zero-order valence-corrected chi connectivity index (χ0v) is 19.4. The highest BCUT2D eigenvalue weighted by Crippen LogP contribution is 2.64. The van der Waals surface area contributed by atoms with Gasteiger partial charge in [0.05, 0.1) is 17.6 Å². The number of aliphatic hydroxyl groups excluding tert-OH is 1. The molecule has 2 aliphatic carbocycles. The molecule has 2 aliphatic heterocycles. The van der Waals surface area contributed by atoms with Crippen LogP contribution in [0, 0.1) is 0 Å².